The largest absolute Gasteiger partial charge is 0.379 e. The highest BCUT2D eigenvalue weighted by molar-refractivity contribution is 7.88. The zero-order valence-electron chi connectivity index (χ0n) is 10.5. The summed E-state index contributed by atoms with van der Waals surface area (Å²) in [5.41, 5.74) is 0.0548. The maximum atomic E-state index is 10.9. The SMILES string of the molecule is CS(=O)(=O)NCCCNc1cc(Cl)c(Cl)cc1[N+](=O)[O-]. The average Bonchev–Trinajstić information content (AvgIpc) is 2.31. The van der Waals surface area contributed by atoms with E-state index in [0.717, 1.165) is 6.26 Å². The summed E-state index contributed by atoms with van der Waals surface area (Å²) in [6.07, 6.45) is 1.52. The van der Waals surface area contributed by atoms with E-state index in [1.165, 1.54) is 12.1 Å². The molecule has 0 radical (unpaired) electrons. The van der Waals surface area contributed by atoms with Gasteiger partial charge in [0.2, 0.25) is 10.0 Å². The first-order valence-electron chi connectivity index (χ1n) is 5.52. The highest BCUT2D eigenvalue weighted by atomic mass is 35.5. The number of anilines is 1. The number of halogens is 2. The van der Waals surface area contributed by atoms with Crippen LogP contribution in [0.1, 0.15) is 6.42 Å². The van der Waals surface area contributed by atoms with Gasteiger partial charge < -0.3 is 5.32 Å². The molecule has 1 aromatic carbocycles. The van der Waals surface area contributed by atoms with Gasteiger partial charge in [-0.3, -0.25) is 10.1 Å². The second-order valence-corrected chi connectivity index (χ2v) is 6.63. The first-order valence-corrected chi connectivity index (χ1v) is 8.17. The Bertz CT molecular complexity index is 607. The van der Waals surface area contributed by atoms with Crippen molar-refractivity contribution in [2.45, 2.75) is 6.42 Å². The van der Waals surface area contributed by atoms with E-state index in [1.54, 1.807) is 0 Å². The number of hydrogen-bond donors (Lipinski definition) is 2. The zero-order chi connectivity index (χ0) is 15.3. The maximum Gasteiger partial charge on any atom is 0.293 e. The van der Waals surface area contributed by atoms with Gasteiger partial charge in [0.05, 0.1) is 21.2 Å². The van der Waals surface area contributed by atoms with Crippen LogP contribution < -0.4 is 10.0 Å². The van der Waals surface area contributed by atoms with E-state index in [9.17, 15) is 18.5 Å². The highest BCUT2D eigenvalue weighted by Crippen LogP contribution is 2.33. The third kappa shape index (κ3) is 5.49. The standard InChI is InChI=1S/C10H13Cl2N3O4S/c1-20(18,19)14-4-2-3-13-9-5-7(11)8(12)6-10(9)15(16)17/h5-6,13-14H,2-4H2,1H3. The van der Waals surface area contributed by atoms with Gasteiger partial charge in [0.15, 0.2) is 0 Å². The lowest BCUT2D eigenvalue weighted by molar-refractivity contribution is -0.383. The Kier molecular flexibility index (Phi) is 6.00. The van der Waals surface area contributed by atoms with Crippen LogP contribution in [0.15, 0.2) is 12.1 Å². The fraction of sp³-hybridized carbons (Fsp3) is 0.400. The predicted molar refractivity (Wildman–Crippen MR) is 79.1 cm³/mol. The minimum absolute atomic E-state index is 0.0997. The molecule has 0 amide bonds. The van der Waals surface area contributed by atoms with E-state index in [4.69, 9.17) is 23.2 Å². The Labute approximate surface area is 126 Å². The summed E-state index contributed by atoms with van der Waals surface area (Å²) in [5.74, 6) is 0. The Hall–Kier alpha value is -1.09. The molecule has 0 heterocycles. The van der Waals surface area contributed by atoms with Crippen molar-refractivity contribution in [2.24, 2.45) is 0 Å². The van der Waals surface area contributed by atoms with Crippen molar-refractivity contribution < 1.29 is 13.3 Å². The van der Waals surface area contributed by atoms with Crippen LogP contribution in [-0.4, -0.2) is 32.7 Å². The predicted octanol–water partition coefficient (Wildman–Crippen LogP) is 2.25. The summed E-state index contributed by atoms with van der Waals surface area (Å²) in [4.78, 5) is 10.3. The first-order chi connectivity index (χ1) is 9.20. The number of nitro groups is 1. The van der Waals surface area contributed by atoms with Crippen LogP contribution in [0, 0.1) is 10.1 Å². The second kappa shape index (κ2) is 7.07. The molecule has 0 aliphatic heterocycles. The number of nitrogens with zero attached hydrogens (tertiary/aromatic N) is 1. The number of benzene rings is 1. The van der Waals surface area contributed by atoms with Crippen LogP contribution in [0.5, 0.6) is 0 Å². The van der Waals surface area contributed by atoms with Gasteiger partial charge in [-0.2, -0.15) is 0 Å². The lowest BCUT2D eigenvalue weighted by Crippen LogP contribution is -2.24. The van der Waals surface area contributed by atoms with Gasteiger partial charge in [0.25, 0.3) is 5.69 Å². The molecule has 0 fully saturated rings. The number of hydrogen-bond acceptors (Lipinski definition) is 5. The number of rotatable bonds is 7. The molecule has 0 saturated heterocycles. The lowest BCUT2D eigenvalue weighted by atomic mass is 10.2. The summed E-state index contributed by atoms with van der Waals surface area (Å²) in [6.45, 7) is 0.586. The van der Waals surface area contributed by atoms with Crippen LogP contribution in [0.2, 0.25) is 10.0 Å². The number of nitro benzene ring substituents is 1. The number of nitrogens with one attached hydrogen (secondary N) is 2. The second-order valence-electron chi connectivity index (χ2n) is 3.99. The Morgan fingerprint density at radius 3 is 2.40 bits per heavy atom. The number of sulfonamides is 1. The molecule has 0 saturated carbocycles. The molecule has 7 nitrogen and oxygen atoms in total. The van der Waals surface area contributed by atoms with Gasteiger partial charge in [-0.25, -0.2) is 13.1 Å². The third-order valence-corrected chi connectivity index (χ3v) is 3.72. The van der Waals surface area contributed by atoms with Crippen molar-refractivity contribution in [3.63, 3.8) is 0 Å². The summed E-state index contributed by atoms with van der Waals surface area (Å²) in [7, 11) is -3.23. The van der Waals surface area contributed by atoms with Gasteiger partial charge in [0, 0.05) is 19.2 Å². The molecule has 1 aromatic rings. The molecular weight excluding hydrogens is 329 g/mol. The van der Waals surface area contributed by atoms with Crippen LogP contribution in [0.4, 0.5) is 11.4 Å². The van der Waals surface area contributed by atoms with Crippen molar-refractivity contribution >= 4 is 44.6 Å². The summed E-state index contributed by atoms with van der Waals surface area (Å²) in [6, 6.07) is 2.53. The summed E-state index contributed by atoms with van der Waals surface area (Å²) >= 11 is 11.5. The van der Waals surface area contributed by atoms with Crippen molar-refractivity contribution in [2.75, 3.05) is 24.7 Å². The fourth-order valence-corrected chi connectivity index (χ4v) is 2.23. The topological polar surface area (TPSA) is 101 Å². The van der Waals surface area contributed by atoms with E-state index in [1.807, 2.05) is 0 Å². The molecule has 20 heavy (non-hydrogen) atoms. The molecule has 0 aliphatic carbocycles. The summed E-state index contributed by atoms with van der Waals surface area (Å²) in [5, 5.41) is 14.0. The smallest absolute Gasteiger partial charge is 0.293 e. The van der Waals surface area contributed by atoms with Gasteiger partial charge in [0.1, 0.15) is 5.69 Å². The van der Waals surface area contributed by atoms with E-state index in [0.29, 0.717) is 13.0 Å². The molecule has 10 heteroatoms. The Morgan fingerprint density at radius 2 is 1.85 bits per heavy atom. The van der Waals surface area contributed by atoms with Crippen molar-refractivity contribution in [1.82, 2.24) is 4.72 Å². The quantitative estimate of drug-likeness (QED) is 0.450. The minimum atomic E-state index is -3.23. The van der Waals surface area contributed by atoms with E-state index < -0.39 is 14.9 Å². The molecule has 0 unspecified atom stereocenters. The molecule has 0 aromatic heterocycles. The van der Waals surface area contributed by atoms with Gasteiger partial charge in [-0.05, 0) is 12.5 Å². The molecule has 0 bridgehead atoms. The van der Waals surface area contributed by atoms with Gasteiger partial charge in [-0.1, -0.05) is 23.2 Å². The molecule has 2 N–H and O–H groups in total. The zero-order valence-corrected chi connectivity index (χ0v) is 12.8. The maximum absolute atomic E-state index is 10.9. The molecular formula is C10H13Cl2N3O4S. The molecule has 0 aliphatic rings. The molecule has 112 valence electrons. The lowest BCUT2D eigenvalue weighted by Gasteiger charge is -2.08. The first kappa shape index (κ1) is 17.0. The molecule has 1 rings (SSSR count). The van der Waals surface area contributed by atoms with Crippen LogP contribution in [0.3, 0.4) is 0 Å². The fourth-order valence-electron chi connectivity index (χ4n) is 1.40. The van der Waals surface area contributed by atoms with E-state index in [2.05, 4.69) is 10.0 Å². The van der Waals surface area contributed by atoms with E-state index >= 15 is 0 Å². The summed E-state index contributed by atoms with van der Waals surface area (Å²) < 4.78 is 24.0. The molecule has 0 spiro atoms. The Balaban J connectivity index is 2.64. The van der Waals surface area contributed by atoms with Gasteiger partial charge >= 0.3 is 0 Å². The average molecular weight is 342 g/mol. The van der Waals surface area contributed by atoms with E-state index in [-0.39, 0.29) is 28.0 Å². The van der Waals surface area contributed by atoms with Crippen molar-refractivity contribution in [1.29, 1.82) is 0 Å². The van der Waals surface area contributed by atoms with Crippen molar-refractivity contribution in [3.05, 3.63) is 32.3 Å². The third-order valence-electron chi connectivity index (χ3n) is 2.27. The normalized spacial score (nSPS) is 11.3. The van der Waals surface area contributed by atoms with Crippen LogP contribution >= 0.6 is 23.2 Å². The Morgan fingerprint density at radius 1 is 1.25 bits per heavy atom. The van der Waals surface area contributed by atoms with Crippen LogP contribution in [0.25, 0.3) is 0 Å². The van der Waals surface area contributed by atoms with Gasteiger partial charge in [-0.15, -0.1) is 0 Å². The monoisotopic (exact) mass is 341 g/mol. The highest BCUT2D eigenvalue weighted by Gasteiger charge is 2.16. The minimum Gasteiger partial charge on any atom is -0.379 e. The molecule has 0 atom stereocenters. The van der Waals surface area contributed by atoms with Crippen molar-refractivity contribution in [3.8, 4) is 0 Å². The van der Waals surface area contributed by atoms with Crippen LogP contribution in [-0.2, 0) is 10.0 Å².